The van der Waals surface area contributed by atoms with Gasteiger partial charge in [-0.05, 0) is 17.8 Å². The Balaban J connectivity index is 3.43. The van der Waals surface area contributed by atoms with Gasteiger partial charge in [0.05, 0.1) is 0 Å². The van der Waals surface area contributed by atoms with Crippen LogP contribution in [0.25, 0.3) is 0 Å². The minimum Gasteiger partial charge on any atom is -0.0651 e. The molecule has 0 aromatic heterocycles. The zero-order valence-corrected chi connectivity index (χ0v) is 8.85. The van der Waals surface area contributed by atoms with E-state index >= 15 is 0 Å². The van der Waals surface area contributed by atoms with Gasteiger partial charge < -0.3 is 0 Å². The summed E-state index contributed by atoms with van der Waals surface area (Å²) < 4.78 is 0. The minimum atomic E-state index is 0.876. The third kappa shape index (κ3) is 5.29. The summed E-state index contributed by atoms with van der Waals surface area (Å²) in [5, 5.41) is 0. The quantitative estimate of drug-likeness (QED) is 0.562. The van der Waals surface area contributed by atoms with Crippen LogP contribution >= 0.6 is 0 Å². The second kappa shape index (κ2) is 5.62. The Morgan fingerprint density at radius 2 is 1.36 bits per heavy atom. The molecule has 0 aliphatic carbocycles. The van der Waals surface area contributed by atoms with E-state index in [1.807, 2.05) is 0 Å². The maximum atomic E-state index is 2.39. The van der Waals surface area contributed by atoms with E-state index in [-0.39, 0.29) is 0 Å². The molecule has 0 amide bonds. The van der Waals surface area contributed by atoms with Crippen molar-refractivity contribution in [2.75, 3.05) is 0 Å². The van der Waals surface area contributed by atoms with Crippen molar-refractivity contribution in [2.45, 2.75) is 53.9 Å². The van der Waals surface area contributed by atoms with Crippen LogP contribution in [0.15, 0.2) is 0 Å². The molecule has 68 valence electrons. The van der Waals surface area contributed by atoms with Crippen molar-refractivity contribution in [3.8, 4) is 0 Å². The first kappa shape index (κ1) is 11.0. The maximum absolute atomic E-state index is 2.39. The smallest absolute Gasteiger partial charge is 0.0417 e. The predicted octanol–water partition coefficient (Wildman–Crippen LogP) is 4.10. The van der Waals surface area contributed by atoms with Crippen LogP contribution in [-0.4, -0.2) is 0 Å². The lowest BCUT2D eigenvalue weighted by Crippen LogP contribution is -2.07. The van der Waals surface area contributed by atoms with Crippen LogP contribution in [-0.2, 0) is 0 Å². The summed E-state index contributed by atoms with van der Waals surface area (Å²) in [6.07, 6.45) is 4.14. The van der Waals surface area contributed by atoms with E-state index in [0.29, 0.717) is 0 Å². The lowest BCUT2D eigenvalue weighted by Gasteiger charge is -2.18. The van der Waals surface area contributed by atoms with Gasteiger partial charge in [-0.25, -0.2) is 0 Å². The molecule has 2 atom stereocenters. The third-order valence-corrected chi connectivity index (χ3v) is 2.81. The SMILES string of the molecule is CC[C@@H](C)[C@H](C)CCC(C)C. The molecule has 0 saturated carbocycles. The van der Waals surface area contributed by atoms with Gasteiger partial charge in [0.2, 0.25) is 0 Å². The first-order chi connectivity index (χ1) is 5.07. The van der Waals surface area contributed by atoms with E-state index in [9.17, 15) is 0 Å². The van der Waals surface area contributed by atoms with Gasteiger partial charge in [-0.15, -0.1) is 0 Å². The van der Waals surface area contributed by atoms with Crippen LogP contribution in [0, 0.1) is 17.8 Å². The normalized spacial score (nSPS) is 16.9. The summed E-state index contributed by atoms with van der Waals surface area (Å²) in [7, 11) is 0. The van der Waals surface area contributed by atoms with Crippen molar-refractivity contribution in [2.24, 2.45) is 17.8 Å². The van der Waals surface area contributed by atoms with Crippen LogP contribution in [0.4, 0.5) is 0 Å². The van der Waals surface area contributed by atoms with Crippen molar-refractivity contribution in [3.63, 3.8) is 0 Å². The van der Waals surface area contributed by atoms with Crippen LogP contribution in [0.5, 0.6) is 0 Å². The lowest BCUT2D eigenvalue weighted by molar-refractivity contribution is 0.330. The Kier molecular flexibility index (Phi) is 5.62. The third-order valence-electron chi connectivity index (χ3n) is 2.81. The molecule has 11 heavy (non-hydrogen) atoms. The molecule has 0 N–H and O–H groups in total. The fourth-order valence-corrected chi connectivity index (χ4v) is 1.28. The van der Waals surface area contributed by atoms with Crippen molar-refractivity contribution >= 4 is 0 Å². The summed E-state index contributed by atoms with van der Waals surface area (Å²) in [4.78, 5) is 0. The molecule has 0 nitrogen and oxygen atoms in total. The van der Waals surface area contributed by atoms with E-state index in [1.165, 1.54) is 19.3 Å². The summed E-state index contributed by atoms with van der Waals surface area (Å²) >= 11 is 0. The average molecular weight is 156 g/mol. The molecule has 0 aromatic rings. The van der Waals surface area contributed by atoms with Crippen LogP contribution in [0.3, 0.4) is 0 Å². The van der Waals surface area contributed by atoms with Crippen LogP contribution < -0.4 is 0 Å². The van der Waals surface area contributed by atoms with E-state index in [2.05, 4.69) is 34.6 Å². The summed E-state index contributed by atoms with van der Waals surface area (Å²) in [6, 6.07) is 0. The van der Waals surface area contributed by atoms with Crippen LogP contribution in [0.2, 0.25) is 0 Å². The number of rotatable bonds is 5. The van der Waals surface area contributed by atoms with E-state index in [4.69, 9.17) is 0 Å². The van der Waals surface area contributed by atoms with Gasteiger partial charge in [-0.2, -0.15) is 0 Å². The molecule has 0 saturated heterocycles. The zero-order valence-electron chi connectivity index (χ0n) is 8.85. The molecule has 0 radical (unpaired) electrons. The molecule has 0 heterocycles. The molecular formula is C11H24. The molecular weight excluding hydrogens is 132 g/mol. The Bertz CT molecular complexity index is 84.0. The average Bonchev–Trinajstić information content (AvgIpc) is 1.98. The molecule has 0 unspecified atom stereocenters. The predicted molar refractivity (Wildman–Crippen MR) is 52.7 cm³/mol. The molecule has 0 aromatic carbocycles. The standard InChI is InChI=1S/C11H24/c1-6-10(4)11(5)8-7-9(2)3/h9-11H,6-8H2,1-5H3/t10-,11-/m1/s1. The second-order valence-electron chi connectivity index (χ2n) is 4.33. The highest BCUT2D eigenvalue weighted by Crippen LogP contribution is 2.21. The van der Waals surface area contributed by atoms with Crippen LogP contribution in [0.1, 0.15) is 53.9 Å². The van der Waals surface area contributed by atoms with Gasteiger partial charge in [0.1, 0.15) is 0 Å². The highest BCUT2D eigenvalue weighted by atomic mass is 14.2. The van der Waals surface area contributed by atoms with Crippen molar-refractivity contribution in [3.05, 3.63) is 0 Å². The van der Waals surface area contributed by atoms with E-state index < -0.39 is 0 Å². The molecule has 0 heteroatoms. The summed E-state index contributed by atoms with van der Waals surface area (Å²) in [5.74, 6) is 2.71. The highest BCUT2D eigenvalue weighted by Gasteiger charge is 2.09. The topological polar surface area (TPSA) is 0 Å². The van der Waals surface area contributed by atoms with Crippen molar-refractivity contribution < 1.29 is 0 Å². The van der Waals surface area contributed by atoms with Gasteiger partial charge in [-0.3, -0.25) is 0 Å². The maximum Gasteiger partial charge on any atom is -0.0417 e. The first-order valence-corrected chi connectivity index (χ1v) is 5.07. The summed E-state index contributed by atoms with van der Waals surface area (Å²) in [6.45, 7) is 11.7. The molecule has 0 bridgehead atoms. The molecule has 0 rings (SSSR count). The molecule has 0 fully saturated rings. The van der Waals surface area contributed by atoms with Gasteiger partial charge in [0.25, 0.3) is 0 Å². The molecule has 0 aliphatic rings. The van der Waals surface area contributed by atoms with Gasteiger partial charge in [0, 0.05) is 0 Å². The Morgan fingerprint density at radius 1 is 0.818 bits per heavy atom. The van der Waals surface area contributed by atoms with Crippen molar-refractivity contribution in [1.82, 2.24) is 0 Å². The van der Waals surface area contributed by atoms with E-state index in [0.717, 1.165) is 17.8 Å². The summed E-state index contributed by atoms with van der Waals surface area (Å²) in [5.41, 5.74) is 0. The Hall–Kier alpha value is 0. The van der Waals surface area contributed by atoms with E-state index in [1.54, 1.807) is 0 Å². The fraction of sp³-hybridized carbons (Fsp3) is 1.00. The largest absolute Gasteiger partial charge is 0.0651 e. The molecule has 0 spiro atoms. The monoisotopic (exact) mass is 156 g/mol. The van der Waals surface area contributed by atoms with Gasteiger partial charge >= 0.3 is 0 Å². The van der Waals surface area contributed by atoms with Crippen molar-refractivity contribution in [1.29, 1.82) is 0 Å². The first-order valence-electron chi connectivity index (χ1n) is 5.07. The molecule has 0 aliphatic heterocycles. The highest BCUT2D eigenvalue weighted by molar-refractivity contribution is 4.61. The number of hydrogen-bond donors (Lipinski definition) is 0. The Labute approximate surface area is 72.4 Å². The fourth-order valence-electron chi connectivity index (χ4n) is 1.28. The lowest BCUT2D eigenvalue weighted by atomic mass is 9.88. The Morgan fingerprint density at radius 3 is 1.73 bits per heavy atom. The second-order valence-corrected chi connectivity index (χ2v) is 4.33. The van der Waals surface area contributed by atoms with Gasteiger partial charge in [0.15, 0.2) is 0 Å². The number of hydrogen-bond acceptors (Lipinski definition) is 0. The zero-order chi connectivity index (χ0) is 8.85. The minimum absolute atomic E-state index is 0.876. The van der Waals surface area contributed by atoms with Gasteiger partial charge in [-0.1, -0.05) is 53.9 Å².